The minimum Gasteiger partial charge on any atom is -0.394 e. The minimum absolute atomic E-state index is 0.229. The van der Waals surface area contributed by atoms with Crippen molar-refractivity contribution in [2.24, 2.45) is 0 Å². The first kappa shape index (κ1) is 14.0. The van der Waals surface area contributed by atoms with Crippen molar-refractivity contribution in [3.05, 3.63) is 11.5 Å². The summed E-state index contributed by atoms with van der Waals surface area (Å²) in [7, 11) is 0. The zero-order chi connectivity index (χ0) is 12.7. The molecule has 1 aromatic rings. The molecule has 3 N–H and O–H groups in total. The van der Waals surface area contributed by atoms with Gasteiger partial charge in [0.05, 0.1) is 11.9 Å². The van der Waals surface area contributed by atoms with Crippen LogP contribution in [0.3, 0.4) is 0 Å². The first-order chi connectivity index (χ1) is 8.17. The molecule has 1 rings (SSSR count). The molecule has 1 unspecified atom stereocenters. The van der Waals surface area contributed by atoms with Gasteiger partial charge in [-0.1, -0.05) is 33.1 Å². The number of nitrogens with zero attached hydrogens (tertiary/aromatic N) is 2. The number of hydrogen-bond donors (Lipinski definition) is 2. The summed E-state index contributed by atoms with van der Waals surface area (Å²) in [5.74, 6) is 0.652. The third-order valence-electron chi connectivity index (χ3n) is 2.67. The third-order valence-corrected chi connectivity index (χ3v) is 2.85. The summed E-state index contributed by atoms with van der Waals surface area (Å²) in [6, 6.07) is 0.410. The summed E-state index contributed by atoms with van der Waals surface area (Å²) in [4.78, 5) is 7.97. The van der Waals surface area contributed by atoms with Crippen LogP contribution in [0.1, 0.15) is 46.0 Å². The van der Waals surface area contributed by atoms with Gasteiger partial charge in [0.2, 0.25) is 5.28 Å². The number of hydrogen-bond acceptors (Lipinski definition) is 4. The lowest BCUT2D eigenvalue weighted by Gasteiger charge is -2.19. The number of nitrogens with one attached hydrogen (secondary N) is 1. The van der Waals surface area contributed by atoms with E-state index in [-0.39, 0.29) is 5.28 Å². The number of halogens is 1. The largest absolute Gasteiger partial charge is 0.394 e. The van der Waals surface area contributed by atoms with Crippen LogP contribution in [0.25, 0.3) is 0 Å². The smallest absolute Gasteiger partial charge is 0.224 e. The lowest BCUT2D eigenvalue weighted by molar-refractivity contribution is 0.563. The summed E-state index contributed by atoms with van der Waals surface area (Å²) in [6.45, 7) is 4.37. The Kier molecular flexibility index (Phi) is 6.05. The van der Waals surface area contributed by atoms with Crippen LogP contribution < -0.4 is 11.1 Å². The molecule has 0 amide bonds. The SMILES string of the molecule is CCCCC(CCC)Nc1nc(Cl)ncc1N. The molecule has 0 aliphatic carbocycles. The second-order valence-electron chi connectivity index (χ2n) is 4.22. The molecule has 0 spiro atoms. The van der Waals surface area contributed by atoms with Crippen LogP contribution in [-0.4, -0.2) is 16.0 Å². The lowest BCUT2D eigenvalue weighted by Crippen LogP contribution is -2.21. The number of aromatic nitrogens is 2. The number of anilines is 2. The summed E-state index contributed by atoms with van der Waals surface area (Å²) in [5, 5.41) is 3.59. The molecule has 1 aromatic heterocycles. The van der Waals surface area contributed by atoms with Crippen molar-refractivity contribution < 1.29 is 0 Å². The van der Waals surface area contributed by atoms with E-state index < -0.39 is 0 Å². The monoisotopic (exact) mass is 256 g/mol. The van der Waals surface area contributed by atoms with Crippen molar-refractivity contribution >= 4 is 23.1 Å². The van der Waals surface area contributed by atoms with E-state index in [9.17, 15) is 0 Å². The Labute approximate surface area is 108 Å². The van der Waals surface area contributed by atoms with Gasteiger partial charge in [-0.3, -0.25) is 0 Å². The predicted octanol–water partition coefficient (Wildman–Crippen LogP) is 3.48. The highest BCUT2D eigenvalue weighted by Crippen LogP contribution is 2.20. The van der Waals surface area contributed by atoms with E-state index in [1.54, 1.807) is 6.20 Å². The van der Waals surface area contributed by atoms with Crippen LogP contribution in [-0.2, 0) is 0 Å². The van der Waals surface area contributed by atoms with Crippen molar-refractivity contribution in [2.45, 2.75) is 52.0 Å². The van der Waals surface area contributed by atoms with E-state index in [1.165, 1.54) is 12.8 Å². The standard InChI is InChI=1S/C12H21ClN4/c1-3-5-7-9(6-4-2)16-11-10(14)8-15-12(13)17-11/h8-9H,3-7,14H2,1-2H3,(H,15,16,17). The Hall–Kier alpha value is -1.03. The number of rotatable bonds is 7. The Morgan fingerprint density at radius 3 is 2.76 bits per heavy atom. The molecular formula is C12H21ClN4. The van der Waals surface area contributed by atoms with Crippen LogP contribution in [0.5, 0.6) is 0 Å². The van der Waals surface area contributed by atoms with Gasteiger partial charge in [0.25, 0.3) is 0 Å². The van der Waals surface area contributed by atoms with Crippen molar-refractivity contribution in [2.75, 3.05) is 11.1 Å². The maximum atomic E-state index is 5.82. The molecule has 4 nitrogen and oxygen atoms in total. The van der Waals surface area contributed by atoms with E-state index in [1.807, 2.05) is 0 Å². The highest BCUT2D eigenvalue weighted by molar-refractivity contribution is 6.28. The fourth-order valence-corrected chi connectivity index (χ4v) is 1.90. The molecule has 0 aliphatic rings. The Morgan fingerprint density at radius 2 is 2.12 bits per heavy atom. The normalized spacial score (nSPS) is 12.4. The van der Waals surface area contributed by atoms with Gasteiger partial charge in [0.15, 0.2) is 5.82 Å². The highest BCUT2D eigenvalue weighted by Gasteiger charge is 2.10. The van der Waals surface area contributed by atoms with Gasteiger partial charge in [0.1, 0.15) is 0 Å². The molecule has 0 radical (unpaired) electrons. The first-order valence-electron chi connectivity index (χ1n) is 6.21. The van der Waals surface area contributed by atoms with Crippen molar-refractivity contribution in [3.63, 3.8) is 0 Å². The summed E-state index contributed by atoms with van der Waals surface area (Å²) >= 11 is 5.76. The Balaban J connectivity index is 2.67. The molecule has 17 heavy (non-hydrogen) atoms. The average molecular weight is 257 g/mol. The molecule has 1 atom stereocenters. The molecule has 96 valence electrons. The van der Waals surface area contributed by atoms with Crippen molar-refractivity contribution in [1.82, 2.24) is 9.97 Å². The van der Waals surface area contributed by atoms with Gasteiger partial charge in [-0.15, -0.1) is 0 Å². The van der Waals surface area contributed by atoms with Gasteiger partial charge in [0, 0.05) is 6.04 Å². The molecule has 0 saturated carbocycles. The predicted molar refractivity (Wildman–Crippen MR) is 73.3 cm³/mol. The topological polar surface area (TPSA) is 63.8 Å². The van der Waals surface area contributed by atoms with E-state index in [2.05, 4.69) is 29.1 Å². The van der Waals surface area contributed by atoms with Gasteiger partial charge < -0.3 is 11.1 Å². The number of nitrogens with two attached hydrogens (primary N) is 1. The fraction of sp³-hybridized carbons (Fsp3) is 0.667. The minimum atomic E-state index is 0.229. The lowest BCUT2D eigenvalue weighted by atomic mass is 10.1. The molecular weight excluding hydrogens is 236 g/mol. The average Bonchev–Trinajstić information content (AvgIpc) is 2.31. The second-order valence-corrected chi connectivity index (χ2v) is 4.55. The van der Waals surface area contributed by atoms with Crippen molar-refractivity contribution in [1.29, 1.82) is 0 Å². The van der Waals surface area contributed by atoms with Crippen LogP contribution in [0.4, 0.5) is 11.5 Å². The molecule has 5 heteroatoms. The van der Waals surface area contributed by atoms with Crippen LogP contribution in [0, 0.1) is 0 Å². The van der Waals surface area contributed by atoms with Gasteiger partial charge in [-0.05, 0) is 24.4 Å². The molecule has 0 aliphatic heterocycles. The molecule has 0 aromatic carbocycles. The van der Waals surface area contributed by atoms with E-state index in [4.69, 9.17) is 17.3 Å². The zero-order valence-electron chi connectivity index (χ0n) is 10.5. The Bertz CT molecular complexity index is 343. The molecule has 1 heterocycles. The summed E-state index contributed by atoms with van der Waals surface area (Å²) in [5.41, 5.74) is 6.36. The van der Waals surface area contributed by atoms with E-state index >= 15 is 0 Å². The van der Waals surface area contributed by atoms with Gasteiger partial charge in [-0.25, -0.2) is 4.98 Å². The summed E-state index contributed by atoms with van der Waals surface area (Å²) < 4.78 is 0. The highest BCUT2D eigenvalue weighted by atomic mass is 35.5. The molecule has 0 bridgehead atoms. The van der Waals surface area contributed by atoms with Gasteiger partial charge >= 0.3 is 0 Å². The van der Waals surface area contributed by atoms with Crippen LogP contribution in [0.15, 0.2) is 6.20 Å². The Morgan fingerprint density at radius 1 is 1.35 bits per heavy atom. The van der Waals surface area contributed by atoms with Crippen molar-refractivity contribution in [3.8, 4) is 0 Å². The number of unbranched alkanes of at least 4 members (excludes halogenated alkanes) is 1. The third kappa shape index (κ3) is 4.77. The van der Waals surface area contributed by atoms with Crippen LogP contribution >= 0.6 is 11.6 Å². The van der Waals surface area contributed by atoms with Crippen LogP contribution in [0.2, 0.25) is 5.28 Å². The van der Waals surface area contributed by atoms with Gasteiger partial charge in [-0.2, -0.15) is 4.98 Å². The maximum absolute atomic E-state index is 5.82. The van der Waals surface area contributed by atoms with E-state index in [0.717, 1.165) is 19.3 Å². The molecule has 0 saturated heterocycles. The summed E-state index contributed by atoms with van der Waals surface area (Å²) in [6.07, 6.45) is 7.32. The quantitative estimate of drug-likeness (QED) is 0.733. The fourth-order valence-electron chi connectivity index (χ4n) is 1.77. The molecule has 0 fully saturated rings. The zero-order valence-corrected chi connectivity index (χ0v) is 11.3. The second kappa shape index (κ2) is 7.33. The maximum Gasteiger partial charge on any atom is 0.224 e. The first-order valence-corrected chi connectivity index (χ1v) is 6.59. The number of nitrogen functional groups attached to an aromatic ring is 1. The van der Waals surface area contributed by atoms with E-state index in [0.29, 0.717) is 17.5 Å².